The van der Waals surface area contributed by atoms with Crippen LogP contribution in [0.15, 0.2) is 28.9 Å². The summed E-state index contributed by atoms with van der Waals surface area (Å²) >= 11 is 0. The van der Waals surface area contributed by atoms with Crippen LogP contribution in [0.1, 0.15) is 24.5 Å². The van der Waals surface area contributed by atoms with Crippen LogP contribution in [0.25, 0.3) is 11.5 Å². The molecular formula is C10H10N2O. The Morgan fingerprint density at radius 3 is 3.08 bits per heavy atom. The first-order chi connectivity index (χ1) is 6.43. The zero-order chi connectivity index (χ0) is 8.67. The van der Waals surface area contributed by atoms with Crippen molar-refractivity contribution in [1.82, 2.24) is 10.2 Å². The van der Waals surface area contributed by atoms with Crippen LogP contribution in [0.5, 0.6) is 0 Å². The first-order valence-corrected chi connectivity index (χ1v) is 4.52. The normalized spacial score (nSPS) is 16.3. The van der Waals surface area contributed by atoms with E-state index in [-0.39, 0.29) is 0 Å². The molecule has 2 heterocycles. The summed E-state index contributed by atoms with van der Waals surface area (Å²) in [7, 11) is 0. The van der Waals surface area contributed by atoms with Gasteiger partial charge in [-0.1, -0.05) is 0 Å². The number of aromatic amines is 1. The van der Waals surface area contributed by atoms with E-state index in [0.29, 0.717) is 0 Å². The lowest BCUT2D eigenvalue weighted by molar-refractivity contribution is 0.580. The first-order valence-electron chi connectivity index (χ1n) is 4.52. The molecule has 0 atom stereocenters. The fourth-order valence-electron chi connectivity index (χ4n) is 1.49. The number of nitrogens with zero attached hydrogens (tertiary/aromatic N) is 1. The average Bonchev–Trinajstić information content (AvgIpc) is 2.72. The van der Waals surface area contributed by atoms with Gasteiger partial charge in [-0.3, -0.25) is 5.10 Å². The van der Waals surface area contributed by atoms with E-state index in [4.69, 9.17) is 4.42 Å². The minimum Gasteiger partial charge on any atom is -0.463 e. The molecule has 0 radical (unpaired) electrons. The Morgan fingerprint density at radius 1 is 1.46 bits per heavy atom. The van der Waals surface area contributed by atoms with Crippen LogP contribution in [0, 0.1) is 0 Å². The lowest BCUT2D eigenvalue weighted by Gasteiger charge is -1.85. The van der Waals surface area contributed by atoms with E-state index in [2.05, 4.69) is 16.3 Å². The van der Waals surface area contributed by atoms with Crippen molar-refractivity contribution < 1.29 is 4.42 Å². The van der Waals surface area contributed by atoms with Gasteiger partial charge in [0, 0.05) is 11.6 Å². The zero-order valence-electron chi connectivity index (χ0n) is 7.16. The molecule has 2 aromatic heterocycles. The smallest absolute Gasteiger partial charge is 0.154 e. The molecule has 66 valence electrons. The highest BCUT2D eigenvalue weighted by Crippen LogP contribution is 2.39. The molecule has 3 rings (SSSR count). The maximum Gasteiger partial charge on any atom is 0.154 e. The summed E-state index contributed by atoms with van der Waals surface area (Å²) in [5.41, 5.74) is 2.15. The van der Waals surface area contributed by atoms with Crippen LogP contribution in [0.2, 0.25) is 0 Å². The van der Waals surface area contributed by atoms with E-state index in [9.17, 15) is 0 Å². The van der Waals surface area contributed by atoms with Crippen molar-refractivity contribution >= 4 is 0 Å². The van der Waals surface area contributed by atoms with E-state index in [1.807, 2.05) is 12.1 Å². The molecule has 13 heavy (non-hydrogen) atoms. The van der Waals surface area contributed by atoms with Crippen LogP contribution in [-0.4, -0.2) is 10.2 Å². The van der Waals surface area contributed by atoms with Gasteiger partial charge < -0.3 is 4.42 Å². The summed E-state index contributed by atoms with van der Waals surface area (Å²) in [5, 5.41) is 7.25. The third kappa shape index (κ3) is 1.16. The topological polar surface area (TPSA) is 41.8 Å². The van der Waals surface area contributed by atoms with Crippen LogP contribution in [-0.2, 0) is 0 Å². The number of H-pyrrole nitrogens is 1. The molecule has 2 aromatic rings. The highest BCUT2D eigenvalue weighted by molar-refractivity contribution is 5.52. The first kappa shape index (κ1) is 6.95. The predicted molar refractivity (Wildman–Crippen MR) is 48.3 cm³/mol. The molecule has 1 aliphatic rings. The van der Waals surface area contributed by atoms with Crippen LogP contribution in [0.4, 0.5) is 0 Å². The Kier molecular flexibility index (Phi) is 1.33. The van der Waals surface area contributed by atoms with E-state index in [1.165, 1.54) is 18.5 Å². The van der Waals surface area contributed by atoms with Gasteiger partial charge in [0.05, 0.1) is 6.26 Å². The van der Waals surface area contributed by atoms with Gasteiger partial charge in [-0.2, -0.15) is 5.10 Å². The second-order valence-electron chi connectivity index (χ2n) is 3.46. The van der Waals surface area contributed by atoms with Crippen molar-refractivity contribution in [3.05, 3.63) is 30.2 Å². The molecule has 3 nitrogen and oxygen atoms in total. The second kappa shape index (κ2) is 2.49. The van der Waals surface area contributed by atoms with E-state index in [1.54, 1.807) is 6.26 Å². The Bertz CT molecular complexity index is 398. The molecule has 0 spiro atoms. The van der Waals surface area contributed by atoms with Gasteiger partial charge in [-0.05, 0) is 31.0 Å². The largest absolute Gasteiger partial charge is 0.463 e. The summed E-state index contributed by atoms with van der Waals surface area (Å²) in [6.45, 7) is 0. The van der Waals surface area contributed by atoms with E-state index < -0.39 is 0 Å². The number of hydrogen-bond acceptors (Lipinski definition) is 2. The van der Waals surface area contributed by atoms with Gasteiger partial charge in [0.2, 0.25) is 0 Å². The van der Waals surface area contributed by atoms with Crippen molar-refractivity contribution in [2.45, 2.75) is 18.8 Å². The minimum atomic E-state index is 0.719. The van der Waals surface area contributed by atoms with E-state index >= 15 is 0 Å². The Morgan fingerprint density at radius 2 is 2.38 bits per heavy atom. The lowest BCUT2D eigenvalue weighted by atomic mass is 10.2. The fourth-order valence-corrected chi connectivity index (χ4v) is 1.49. The Hall–Kier alpha value is -1.51. The molecule has 0 unspecified atom stereocenters. The summed E-state index contributed by atoms with van der Waals surface area (Å²) < 4.78 is 5.25. The summed E-state index contributed by atoms with van der Waals surface area (Å²) in [6, 6.07) is 5.88. The highest BCUT2D eigenvalue weighted by Gasteiger charge is 2.25. The van der Waals surface area contributed by atoms with Crippen LogP contribution in [0.3, 0.4) is 0 Å². The van der Waals surface area contributed by atoms with Crippen molar-refractivity contribution in [2.24, 2.45) is 0 Å². The molecule has 3 heteroatoms. The van der Waals surface area contributed by atoms with Gasteiger partial charge in [0.1, 0.15) is 5.69 Å². The summed E-state index contributed by atoms with van der Waals surface area (Å²) in [6.07, 6.45) is 4.25. The Labute approximate surface area is 75.8 Å². The number of nitrogens with one attached hydrogen (secondary N) is 1. The predicted octanol–water partition coefficient (Wildman–Crippen LogP) is 2.55. The molecule has 0 amide bonds. The zero-order valence-corrected chi connectivity index (χ0v) is 7.16. The number of rotatable bonds is 2. The standard InChI is InChI=1S/C10H10N2O/c1-2-10(13-5-1)9-6-8(11-12-9)7-3-4-7/h1-2,5-7H,3-4H2,(H,11,12). The monoisotopic (exact) mass is 174 g/mol. The Balaban J connectivity index is 1.97. The van der Waals surface area contributed by atoms with E-state index in [0.717, 1.165) is 17.4 Å². The van der Waals surface area contributed by atoms with Gasteiger partial charge in [-0.25, -0.2) is 0 Å². The molecular weight excluding hydrogens is 164 g/mol. The van der Waals surface area contributed by atoms with Gasteiger partial charge in [0.25, 0.3) is 0 Å². The summed E-state index contributed by atoms with van der Waals surface area (Å²) in [4.78, 5) is 0. The van der Waals surface area contributed by atoms with Crippen molar-refractivity contribution in [3.8, 4) is 11.5 Å². The highest BCUT2D eigenvalue weighted by atomic mass is 16.3. The van der Waals surface area contributed by atoms with Crippen molar-refractivity contribution in [1.29, 1.82) is 0 Å². The molecule has 0 saturated heterocycles. The molecule has 1 N–H and O–H groups in total. The molecule has 1 aliphatic carbocycles. The van der Waals surface area contributed by atoms with Crippen LogP contribution < -0.4 is 0 Å². The van der Waals surface area contributed by atoms with Gasteiger partial charge in [-0.15, -0.1) is 0 Å². The van der Waals surface area contributed by atoms with Crippen LogP contribution >= 0.6 is 0 Å². The van der Waals surface area contributed by atoms with Crippen molar-refractivity contribution in [3.63, 3.8) is 0 Å². The second-order valence-corrected chi connectivity index (χ2v) is 3.46. The number of hydrogen-bond donors (Lipinski definition) is 1. The maximum absolute atomic E-state index is 5.25. The molecule has 1 fully saturated rings. The summed E-state index contributed by atoms with van der Waals surface area (Å²) in [5.74, 6) is 1.55. The lowest BCUT2D eigenvalue weighted by Crippen LogP contribution is -1.76. The molecule has 0 aliphatic heterocycles. The third-order valence-corrected chi connectivity index (χ3v) is 2.39. The minimum absolute atomic E-state index is 0.719. The van der Waals surface area contributed by atoms with Gasteiger partial charge in [0.15, 0.2) is 5.76 Å². The third-order valence-electron chi connectivity index (χ3n) is 2.39. The quantitative estimate of drug-likeness (QED) is 0.760. The molecule has 0 bridgehead atoms. The fraction of sp³-hybridized carbons (Fsp3) is 0.300. The molecule has 1 saturated carbocycles. The maximum atomic E-state index is 5.25. The van der Waals surface area contributed by atoms with Gasteiger partial charge >= 0.3 is 0 Å². The number of furan rings is 1. The number of aromatic nitrogens is 2. The van der Waals surface area contributed by atoms with Crippen molar-refractivity contribution in [2.75, 3.05) is 0 Å². The molecule has 0 aromatic carbocycles. The average molecular weight is 174 g/mol. The SMILES string of the molecule is c1coc(-c2cc(C3CC3)[nH]n2)c1.